The number of fused-ring (bicyclic) bond motifs is 3. The Balaban J connectivity index is 1.56. The van der Waals surface area contributed by atoms with E-state index < -0.39 is 0 Å². The van der Waals surface area contributed by atoms with Gasteiger partial charge in [-0.1, -0.05) is 60.7 Å². The van der Waals surface area contributed by atoms with Crippen LogP contribution in [0, 0.1) is 12.7 Å². The molecular formula is C30H22FN2O+. The first-order valence-corrected chi connectivity index (χ1v) is 11.2. The van der Waals surface area contributed by atoms with Gasteiger partial charge in [0, 0.05) is 29.1 Å². The minimum absolute atomic E-state index is 0.306. The molecule has 0 bridgehead atoms. The van der Waals surface area contributed by atoms with Crippen LogP contribution < -0.4 is 4.57 Å². The number of hydrogen-bond donors (Lipinski definition) is 0. The number of benzene rings is 3. The molecule has 34 heavy (non-hydrogen) atoms. The van der Waals surface area contributed by atoms with Gasteiger partial charge < -0.3 is 4.42 Å². The van der Waals surface area contributed by atoms with Crippen molar-refractivity contribution in [3.8, 4) is 33.6 Å². The van der Waals surface area contributed by atoms with Crippen LogP contribution in [0.4, 0.5) is 4.39 Å². The lowest BCUT2D eigenvalue weighted by Crippen LogP contribution is -2.30. The highest BCUT2D eigenvalue weighted by Crippen LogP contribution is 2.38. The van der Waals surface area contributed by atoms with E-state index in [2.05, 4.69) is 12.1 Å². The predicted octanol–water partition coefficient (Wildman–Crippen LogP) is 7.25. The number of furan rings is 1. The van der Waals surface area contributed by atoms with E-state index in [1.807, 2.05) is 97.5 Å². The number of halogens is 1. The lowest BCUT2D eigenvalue weighted by molar-refractivity contribution is -0.660. The monoisotopic (exact) mass is 445 g/mol. The molecule has 4 heteroatoms. The van der Waals surface area contributed by atoms with Gasteiger partial charge in [-0.25, -0.2) is 13.9 Å². The molecule has 0 N–H and O–H groups in total. The minimum Gasteiger partial charge on any atom is -0.437 e. The zero-order valence-electron chi connectivity index (χ0n) is 18.9. The first-order chi connectivity index (χ1) is 16.6. The van der Waals surface area contributed by atoms with Crippen molar-refractivity contribution in [2.24, 2.45) is 7.05 Å². The van der Waals surface area contributed by atoms with Crippen LogP contribution in [0.2, 0.25) is 0 Å². The van der Waals surface area contributed by atoms with E-state index in [1.54, 1.807) is 0 Å². The molecule has 0 atom stereocenters. The summed E-state index contributed by atoms with van der Waals surface area (Å²) in [6.07, 6.45) is 1.99. The van der Waals surface area contributed by atoms with Crippen molar-refractivity contribution >= 4 is 22.1 Å². The van der Waals surface area contributed by atoms with Gasteiger partial charge in [0.15, 0.2) is 11.8 Å². The summed E-state index contributed by atoms with van der Waals surface area (Å²) < 4.78 is 23.8. The number of nitrogens with zero attached hydrogens (tertiary/aromatic N) is 2. The van der Waals surface area contributed by atoms with Crippen LogP contribution in [0.15, 0.2) is 102 Å². The first-order valence-electron chi connectivity index (χ1n) is 11.2. The summed E-state index contributed by atoms with van der Waals surface area (Å²) in [4.78, 5) is 4.75. The van der Waals surface area contributed by atoms with Crippen LogP contribution in [0.1, 0.15) is 5.56 Å². The Morgan fingerprint density at radius 1 is 0.794 bits per heavy atom. The molecule has 0 aliphatic rings. The summed E-state index contributed by atoms with van der Waals surface area (Å²) in [5.41, 5.74) is 7.51. The second kappa shape index (κ2) is 7.92. The van der Waals surface area contributed by atoms with E-state index in [1.165, 1.54) is 6.07 Å². The molecule has 0 aliphatic carbocycles. The van der Waals surface area contributed by atoms with Crippen LogP contribution in [-0.2, 0) is 7.05 Å². The third-order valence-corrected chi connectivity index (χ3v) is 6.35. The van der Waals surface area contributed by atoms with Crippen molar-refractivity contribution in [1.29, 1.82) is 0 Å². The lowest BCUT2D eigenvalue weighted by atomic mass is 10.00. The molecule has 3 aromatic carbocycles. The topological polar surface area (TPSA) is 29.9 Å². The van der Waals surface area contributed by atoms with Gasteiger partial charge in [-0.05, 0) is 35.7 Å². The van der Waals surface area contributed by atoms with Gasteiger partial charge in [0.1, 0.15) is 12.9 Å². The van der Waals surface area contributed by atoms with Gasteiger partial charge in [0.05, 0.1) is 16.6 Å². The fourth-order valence-electron chi connectivity index (χ4n) is 4.63. The molecule has 0 spiro atoms. The molecule has 0 saturated heterocycles. The van der Waals surface area contributed by atoms with Crippen LogP contribution in [0.3, 0.4) is 0 Å². The van der Waals surface area contributed by atoms with Crippen molar-refractivity contribution in [3.05, 3.63) is 109 Å². The van der Waals surface area contributed by atoms with Crippen LogP contribution in [0.5, 0.6) is 0 Å². The highest BCUT2D eigenvalue weighted by Gasteiger charge is 2.22. The molecule has 3 heterocycles. The maximum Gasteiger partial charge on any atom is 0.230 e. The predicted molar refractivity (Wildman–Crippen MR) is 134 cm³/mol. The second-order valence-electron chi connectivity index (χ2n) is 8.55. The average Bonchev–Trinajstić information content (AvgIpc) is 3.24. The molecule has 3 aromatic heterocycles. The Hall–Kier alpha value is -4.31. The maximum absolute atomic E-state index is 15.5. The molecule has 164 valence electrons. The highest BCUT2D eigenvalue weighted by atomic mass is 19.1. The molecule has 0 radical (unpaired) electrons. The zero-order valence-corrected chi connectivity index (χ0v) is 18.9. The zero-order chi connectivity index (χ0) is 23.2. The molecule has 6 rings (SSSR count). The molecule has 0 unspecified atom stereocenters. The van der Waals surface area contributed by atoms with E-state index in [-0.39, 0.29) is 5.82 Å². The van der Waals surface area contributed by atoms with Gasteiger partial charge in [0.2, 0.25) is 11.4 Å². The van der Waals surface area contributed by atoms with Gasteiger partial charge >= 0.3 is 0 Å². The third-order valence-electron chi connectivity index (χ3n) is 6.35. The minimum atomic E-state index is -0.337. The Morgan fingerprint density at radius 2 is 1.56 bits per heavy atom. The Morgan fingerprint density at radius 3 is 2.38 bits per heavy atom. The summed E-state index contributed by atoms with van der Waals surface area (Å²) in [6.45, 7) is 2.04. The Bertz CT molecular complexity index is 1690. The van der Waals surface area contributed by atoms with E-state index in [0.717, 1.165) is 38.9 Å². The number of pyridine rings is 2. The van der Waals surface area contributed by atoms with Crippen LogP contribution in [0.25, 0.3) is 55.7 Å². The van der Waals surface area contributed by atoms with E-state index >= 15 is 4.39 Å². The molecule has 6 aromatic rings. The number of hydrogen-bond acceptors (Lipinski definition) is 2. The van der Waals surface area contributed by atoms with Crippen molar-refractivity contribution in [2.75, 3.05) is 0 Å². The Kier molecular flexibility index (Phi) is 4.73. The van der Waals surface area contributed by atoms with Crippen molar-refractivity contribution in [3.63, 3.8) is 0 Å². The third kappa shape index (κ3) is 3.27. The largest absolute Gasteiger partial charge is 0.437 e. The standard InChI is InChI=1S/C30H22FN2O/c1-19-14-15-23-28-24(31)18-25(22-12-8-11-21(17-22)20-9-4-3-5-10-20)32-30(28)34-29(23)27(19)26-13-6-7-16-33(26)2/h3-18H,1-2H3/q+1. The SMILES string of the molecule is Cc1ccc2c(oc3nc(-c4cccc(-c5ccccc5)c4)cc(F)c32)c1-c1cccc[n+]1C. The second-order valence-corrected chi connectivity index (χ2v) is 8.55. The van der Waals surface area contributed by atoms with Gasteiger partial charge in [-0.3, -0.25) is 0 Å². The maximum atomic E-state index is 15.5. The summed E-state index contributed by atoms with van der Waals surface area (Å²) in [5, 5.41) is 1.15. The summed E-state index contributed by atoms with van der Waals surface area (Å²) in [7, 11) is 1.99. The Labute approximate surface area is 196 Å². The average molecular weight is 446 g/mol. The molecule has 0 saturated carbocycles. The number of aryl methyl sites for hydroxylation is 2. The van der Waals surface area contributed by atoms with E-state index in [4.69, 9.17) is 9.40 Å². The van der Waals surface area contributed by atoms with Crippen molar-refractivity contribution in [2.45, 2.75) is 6.92 Å². The van der Waals surface area contributed by atoms with Crippen molar-refractivity contribution in [1.82, 2.24) is 4.98 Å². The molecule has 0 aliphatic heterocycles. The van der Waals surface area contributed by atoms with Gasteiger partial charge in [-0.15, -0.1) is 0 Å². The summed E-state index contributed by atoms with van der Waals surface area (Å²) in [5.74, 6) is -0.337. The van der Waals surface area contributed by atoms with E-state index in [9.17, 15) is 0 Å². The summed E-state index contributed by atoms with van der Waals surface area (Å²) in [6, 6.07) is 29.6. The van der Waals surface area contributed by atoms with Crippen LogP contribution >= 0.6 is 0 Å². The first kappa shape index (κ1) is 20.3. The van der Waals surface area contributed by atoms with E-state index in [0.29, 0.717) is 22.4 Å². The molecule has 0 fully saturated rings. The number of aromatic nitrogens is 2. The lowest BCUT2D eigenvalue weighted by Gasteiger charge is -2.06. The van der Waals surface area contributed by atoms with Crippen LogP contribution in [-0.4, -0.2) is 4.98 Å². The smallest absolute Gasteiger partial charge is 0.230 e. The normalized spacial score (nSPS) is 11.4. The van der Waals surface area contributed by atoms with Gasteiger partial charge in [-0.2, -0.15) is 0 Å². The number of rotatable bonds is 3. The quantitative estimate of drug-likeness (QED) is 0.269. The molecule has 0 amide bonds. The van der Waals surface area contributed by atoms with Crippen molar-refractivity contribution < 1.29 is 13.4 Å². The fraction of sp³-hybridized carbons (Fsp3) is 0.0667. The van der Waals surface area contributed by atoms with Gasteiger partial charge in [0.25, 0.3) is 0 Å². The molecule has 3 nitrogen and oxygen atoms in total. The summed E-state index contributed by atoms with van der Waals surface area (Å²) >= 11 is 0. The fourth-order valence-corrected chi connectivity index (χ4v) is 4.63. The molecular weight excluding hydrogens is 423 g/mol. The highest BCUT2D eigenvalue weighted by molar-refractivity contribution is 6.09.